The van der Waals surface area contributed by atoms with Crippen molar-refractivity contribution in [3.8, 4) is 5.75 Å². The van der Waals surface area contributed by atoms with Gasteiger partial charge in [0, 0.05) is 5.92 Å². The van der Waals surface area contributed by atoms with Gasteiger partial charge in [-0.2, -0.15) is 13.2 Å². The molecule has 3 nitrogen and oxygen atoms in total. The maximum absolute atomic E-state index is 12.5. The Morgan fingerprint density at radius 1 is 1.44 bits per heavy atom. The van der Waals surface area contributed by atoms with E-state index in [1.54, 1.807) is 0 Å². The molecular formula is C12H11F3O3. The number of halogens is 3. The number of alkyl halides is 3. The molecule has 0 aliphatic carbocycles. The zero-order valence-electron chi connectivity index (χ0n) is 9.33. The first-order chi connectivity index (χ1) is 8.38. The van der Waals surface area contributed by atoms with Gasteiger partial charge in [0.1, 0.15) is 5.75 Å². The van der Waals surface area contributed by atoms with Gasteiger partial charge in [0.15, 0.2) is 0 Å². The second-order valence-corrected chi connectivity index (χ2v) is 4.18. The van der Waals surface area contributed by atoms with Gasteiger partial charge in [-0.15, -0.1) is 0 Å². The molecule has 6 heteroatoms. The molecule has 0 fully saturated rings. The van der Waals surface area contributed by atoms with Crippen LogP contribution >= 0.6 is 0 Å². The van der Waals surface area contributed by atoms with Gasteiger partial charge in [-0.05, 0) is 24.1 Å². The third kappa shape index (κ3) is 2.57. The quantitative estimate of drug-likeness (QED) is 0.889. The molecule has 1 atom stereocenters. The van der Waals surface area contributed by atoms with Crippen LogP contribution in [0.2, 0.25) is 0 Å². The number of benzene rings is 1. The van der Waals surface area contributed by atoms with Gasteiger partial charge in [-0.25, -0.2) is 0 Å². The summed E-state index contributed by atoms with van der Waals surface area (Å²) in [6, 6.07) is 3.20. The van der Waals surface area contributed by atoms with E-state index in [0.717, 1.165) is 12.1 Å². The van der Waals surface area contributed by atoms with Crippen LogP contribution in [0.3, 0.4) is 0 Å². The van der Waals surface area contributed by atoms with Gasteiger partial charge in [0.2, 0.25) is 0 Å². The van der Waals surface area contributed by atoms with Crippen LogP contribution in [0.4, 0.5) is 13.2 Å². The lowest BCUT2D eigenvalue weighted by Gasteiger charge is -2.25. The number of carboxylic acid groups (broad SMARTS) is 1. The van der Waals surface area contributed by atoms with E-state index < -0.39 is 17.7 Å². The molecule has 0 radical (unpaired) electrons. The van der Waals surface area contributed by atoms with E-state index in [9.17, 15) is 18.0 Å². The van der Waals surface area contributed by atoms with E-state index >= 15 is 0 Å². The standard InChI is InChI=1S/C12H11F3O3/c13-12(14,15)8-1-2-9-7(5-11(16)17)3-4-18-10(9)6-8/h1-2,6-7H,3-5H2,(H,16,17)/t7-/m1/s1. The van der Waals surface area contributed by atoms with Crippen LogP contribution in [-0.4, -0.2) is 17.7 Å². The van der Waals surface area contributed by atoms with Gasteiger partial charge in [0.25, 0.3) is 0 Å². The summed E-state index contributed by atoms with van der Waals surface area (Å²) in [6.45, 7) is 0.242. The molecule has 18 heavy (non-hydrogen) atoms. The molecule has 98 valence electrons. The minimum absolute atomic E-state index is 0.0955. The first-order valence-electron chi connectivity index (χ1n) is 5.43. The van der Waals surface area contributed by atoms with E-state index in [2.05, 4.69) is 0 Å². The molecule has 0 bridgehead atoms. The normalized spacial score (nSPS) is 18.9. The number of ether oxygens (including phenoxy) is 1. The van der Waals surface area contributed by atoms with Crippen LogP contribution in [0, 0.1) is 0 Å². The van der Waals surface area contributed by atoms with Crippen molar-refractivity contribution >= 4 is 5.97 Å². The summed E-state index contributed by atoms with van der Waals surface area (Å²) in [7, 11) is 0. The maximum Gasteiger partial charge on any atom is 0.416 e. The zero-order chi connectivity index (χ0) is 13.3. The molecule has 0 spiro atoms. The van der Waals surface area contributed by atoms with Crippen molar-refractivity contribution < 1.29 is 27.8 Å². The van der Waals surface area contributed by atoms with Gasteiger partial charge in [0.05, 0.1) is 18.6 Å². The monoisotopic (exact) mass is 260 g/mol. The summed E-state index contributed by atoms with van der Waals surface area (Å²) >= 11 is 0. The minimum atomic E-state index is -4.42. The lowest BCUT2D eigenvalue weighted by atomic mass is 9.89. The van der Waals surface area contributed by atoms with Crippen molar-refractivity contribution in [3.05, 3.63) is 29.3 Å². The fourth-order valence-corrected chi connectivity index (χ4v) is 2.06. The molecule has 2 rings (SSSR count). The van der Waals surface area contributed by atoms with E-state index in [1.165, 1.54) is 6.07 Å². The highest BCUT2D eigenvalue weighted by atomic mass is 19.4. The highest BCUT2D eigenvalue weighted by Crippen LogP contribution is 2.39. The average Bonchev–Trinajstić information content (AvgIpc) is 2.27. The lowest BCUT2D eigenvalue weighted by molar-refractivity contribution is -0.139. The Bertz CT molecular complexity index is 468. The van der Waals surface area contributed by atoms with Crippen LogP contribution in [0.25, 0.3) is 0 Å². The van der Waals surface area contributed by atoms with Crippen molar-refractivity contribution in [2.45, 2.75) is 24.9 Å². The van der Waals surface area contributed by atoms with E-state index in [4.69, 9.17) is 9.84 Å². The third-order valence-corrected chi connectivity index (χ3v) is 2.93. The molecule has 0 saturated heterocycles. The van der Waals surface area contributed by atoms with E-state index in [1.807, 2.05) is 0 Å². The SMILES string of the molecule is O=C(O)C[C@H]1CCOc2cc(C(F)(F)F)ccc21. The minimum Gasteiger partial charge on any atom is -0.493 e. The Balaban J connectivity index is 2.33. The van der Waals surface area contributed by atoms with Crippen LogP contribution in [0.5, 0.6) is 5.75 Å². The topological polar surface area (TPSA) is 46.5 Å². The predicted octanol–water partition coefficient (Wildman–Crippen LogP) is 3.05. The highest BCUT2D eigenvalue weighted by Gasteiger charge is 2.33. The molecule has 0 saturated carbocycles. The molecule has 1 N–H and O–H groups in total. The maximum atomic E-state index is 12.5. The Labute approximate surface area is 101 Å². The van der Waals surface area contributed by atoms with Crippen LogP contribution in [0.15, 0.2) is 18.2 Å². The Kier molecular flexibility index (Phi) is 3.19. The van der Waals surface area contributed by atoms with Crippen molar-refractivity contribution in [1.29, 1.82) is 0 Å². The van der Waals surface area contributed by atoms with Crippen molar-refractivity contribution in [2.24, 2.45) is 0 Å². The Morgan fingerprint density at radius 2 is 2.17 bits per heavy atom. The van der Waals surface area contributed by atoms with E-state index in [0.29, 0.717) is 12.0 Å². The average molecular weight is 260 g/mol. The van der Waals surface area contributed by atoms with Crippen LogP contribution < -0.4 is 4.74 Å². The van der Waals surface area contributed by atoms with Gasteiger partial charge in [-0.1, -0.05) is 6.07 Å². The van der Waals surface area contributed by atoms with Crippen molar-refractivity contribution in [3.63, 3.8) is 0 Å². The van der Waals surface area contributed by atoms with Gasteiger partial charge >= 0.3 is 12.1 Å². The molecule has 1 aliphatic heterocycles. The highest BCUT2D eigenvalue weighted by molar-refractivity contribution is 5.68. The van der Waals surface area contributed by atoms with Crippen LogP contribution in [0.1, 0.15) is 29.9 Å². The van der Waals surface area contributed by atoms with Crippen molar-refractivity contribution in [1.82, 2.24) is 0 Å². The smallest absolute Gasteiger partial charge is 0.416 e. The largest absolute Gasteiger partial charge is 0.493 e. The van der Waals surface area contributed by atoms with Crippen molar-refractivity contribution in [2.75, 3.05) is 6.61 Å². The molecule has 0 amide bonds. The Hall–Kier alpha value is -1.72. The molecular weight excluding hydrogens is 249 g/mol. The summed E-state index contributed by atoms with van der Waals surface area (Å²) in [5.74, 6) is -1.11. The summed E-state index contributed by atoms with van der Waals surface area (Å²) in [5, 5.41) is 8.75. The number of hydrogen-bond acceptors (Lipinski definition) is 2. The number of rotatable bonds is 2. The Morgan fingerprint density at radius 3 is 2.78 bits per heavy atom. The molecule has 1 aromatic rings. The second-order valence-electron chi connectivity index (χ2n) is 4.18. The number of hydrogen-bond donors (Lipinski definition) is 1. The summed E-state index contributed by atoms with van der Waals surface area (Å²) in [5.41, 5.74) is -0.242. The fraction of sp³-hybridized carbons (Fsp3) is 0.417. The fourth-order valence-electron chi connectivity index (χ4n) is 2.06. The number of aliphatic carboxylic acids is 1. The molecule has 1 heterocycles. The number of fused-ring (bicyclic) bond motifs is 1. The first-order valence-corrected chi connectivity index (χ1v) is 5.43. The van der Waals surface area contributed by atoms with Gasteiger partial charge in [-0.3, -0.25) is 4.79 Å². The number of carboxylic acids is 1. The zero-order valence-corrected chi connectivity index (χ0v) is 9.33. The van der Waals surface area contributed by atoms with E-state index in [-0.39, 0.29) is 24.7 Å². The molecule has 0 aromatic heterocycles. The summed E-state index contributed by atoms with van der Waals surface area (Å²) in [6.07, 6.45) is -4.01. The first kappa shape index (κ1) is 12.7. The lowest BCUT2D eigenvalue weighted by Crippen LogP contribution is -2.18. The molecule has 1 aromatic carbocycles. The summed E-state index contributed by atoms with van der Waals surface area (Å²) < 4.78 is 42.7. The summed E-state index contributed by atoms with van der Waals surface area (Å²) in [4.78, 5) is 10.7. The molecule has 0 unspecified atom stereocenters. The predicted molar refractivity (Wildman–Crippen MR) is 56.5 cm³/mol. The third-order valence-electron chi connectivity index (χ3n) is 2.93. The van der Waals surface area contributed by atoms with Gasteiger partial charge < -0.3 is 9.84 Å². The van der Waals surface area contributed by atoms with Crippen LogP contribution in [-0.2, 0) is 11.0 Å². The molecule has 1 aliphatic rings. The number of carbonyl (C=O) groups is 1. The second kappa shape index (κ2) is 4.51.